The molecule has 4 rings (SSSR count). The summed E-state index contributed by atoms with van der Waals surface area (Å²) < 4.78 is 0. The van der Waals surface area contributed by atoms with Gasteiger partial charge in [0.05, 0.1) is 12.1 Å². The molecule has 8 heteroatoms. The summed E-state index contributed by atoms with van der Waals surface area (Å²) in [4.78, 5) is 38.7. The van der Waals surface area contributed by atoms with Gasteiger partial charge in [-0.05, 0) is 61.4 Å². The van der Waals surface area contributed by atoms with Crippen molar-refractivity contribution in [1.29, 1.82) is 0 Å². The predicted molar refractivity (Wildman–Crippen MR) is 130 cm³/mol. The zero-order valence-corrected chi connectivity index (χ0v) is 19.6. The molecule has 1 fully saturated rings. The minimum Gasteiger partial charge on any atom is -0.503 e. The molecule has 1 heterocycles. The van der Waals surface area contributed by atoms with Crippen LogP contribution in [0, 0.1) is 0 Å². The predicted octanol–water partition coefficient (Wildman–Crippen LogP) is 3.57. The van der Waals surface area contributed by atoms with Crippen LogP contribution >= 0.6 is 11.6 Å². The van der Waals surface area contributed by atoms with E-state index in [0.29, 0.717) is 16.5 Å². The molecule has 0 saturated heterocycles. The molecule has 2 aliphatic rings. The molecular weight excluding hydrogens is 454 g/mol. The molecule has 3 amide bonds. The van der Waals surface area contributed by atoms with Gasteiger partial charge in [-0.25, -0.2) is 0 Å². The maximum Gasteiger partial charge on any atom is 0.289 e. The Bertz CT molecular complexity index is 1080. The molecule has 0 bridgehead atoms. The first-order chi connectivity index (χ1) is 16.4. The van der Waals surface area contributed by atoms with Crippen molar-refractivity contribution in [1.82, 2.24) is 15.5 Å². The van der Waals surface area contributed by atoms with E-state index >= 15 is 0 Å². The van der Waals surface area contributed by atoms with Crippen molar-refractivity contribution >= 4 is 29.3 Å². The number of rotatable bonds is 7. The van der Waals surface area contributed by atoms with Crippen LogP contribution in [0.1, 0.15) is 47.5 Å². The number of carbonyl (C=O) groups is 3. The number of halogens is 1. The molecule has 7 nitrogen and oxygen atoms in total. The number of nitrogens with one attached hydrogen (secondary N) is 2. The lowest BCUT2D eigenvalue weighted by atomic mass is 9.82. The van der Waals surface area contributed by atoms with E-state index in [4.69, 9.17) is 11.6 Å². The van der Waals surface area contributed by atoms with Crippen LogP contribution in [0.4, 0.5) is 0 Å². The van der Waals surface area contributed by atoms with Crippen LogP contribution in [-0.2, 0) is 9.59 Å². The van der Waals surface area contributed by atoms with Gasteiger partial charge in [0.25, 0.3) is 17.7 Å². The monoisotopic (exact) mass is 481 g/mol. The molecule has 0 unspecified atom stereocenters. The standard InChI is InChI=1S/C26H28ClN3O4/c27-20-10-6-19(7-11-20)24(32)28-14-15-30-16-22(23(31)26(30)34)25(33)29-21-12-8-18(9-13-21)17-4-2-1-3-5-17/h1-7,10-11,18,21,31H,8-9,12-16H2,(H,28,32)(H,29,33). The SMILES string of the molecule is O=C(NC1CCC(c2ccccc2)CC1)C1=C(O)C(=O)N(CCNC(=O)c2ccc(Cl)cc2)C1. The van der Waals surface area contributed by atoms with E-state index in [1.54, 1.807) is 24.3 Å². The Morgan fingerprint density at radius 1 is 0.971 bits per heavy atom. The molecule has 3 N–H and O–H groups in total. The topological polar surface area (TPSA) is 98.7 Å². The first-order valence-corrected chi connectivity index (χ1v) is 11.9. The Kier molecular flexibility index (Phi) is 7.53. The molecule has 0 atom stereocenters. The van der Waals surface area contributed by atoms with E-state index in [1.165, 1.54) is 10.5 Å². The van der Waals surface area contributed by atoms with E-state index in [-0.39, 0.29) is 37.2 Å². The van der Waals surface area contributed by atoms with Crippen molar-refractivity contribution in [3.63, 3.8) is 0 Å². The normalized spacial score (nSPS) is 20.4. The first kappa shape index (κ1) is 23.8. The van der Waals surface area contributed by atoms with Crippen molar-refractivity contribution in [3.8, 4) is 0 Å². The Morgan fingerprint density at radius 3 is 2.32 bits per heavy atom. The third kappa shape index (κ3) is 5.59. The Hall–Kier alpha value is -3.32. The summed E-state index contributed by atoms with van der Waals surface area (Å²) in [5, 5.41) is 16.5. The fraction of sp³-hybridized carbons (Fsp3) is 0.346. The third-order valence-electron chi connectivity index (χ3n) is 6.51. The Labute approximate surface area is 203 Å². The molecular formula is C26H28ClN3O4. The van der Waals surface area contributed by atoms with Crippen LogP contribution in [0.25, 0.3) is 0 Å². The molecule has 0 radical (unpaired) electrons. The summed E-state index contributed by atoms with van der Waals surface area (Å²) in [7, 11) is 0. The Balaban J connectivity index is 1.23. The summed E-state index contributed by atoms with van der Waals surface area (Å²) in [6.07, 6.45) is 3.68. The minimum absolute atomic E-state index is 0.0205. The van der Waals surface area contributed by atoms with Gasteiger partial charge in [-0.3, -0.25) is 14.4 Å². The molecule has 34 heavy (non-hydrogen) atoms. The number of aliphatic hydroxyl groups excluding tert-OH is 1. The highest BCUT2D eigenvalue weighted by Gasteiger charge is 2.35. The van der Waals surface area contributed by atoms with E-state index in [0.717, 1.165) is 25.7 Å². The second-order valence-electron chi connectivity index (χ2n) is 8.75. The first-order valence-electron chi connectivity index (χ1n) is 11.5. The van der Waals surface area contributed by atoms with E-state index in [2.05, 4.69) is 22.8 Å². The maximum absolute atomic E-state index is 12.8. The molecule has 0 aromatic heterocycles. The third-order valence-corrected chi connectivity index (χ3v) is 6.76. The van der Waals surface area contributed by atoms with Crippen molar-refractivity contribution < 1.29 is 19.5 Å². The van der Waals surface area contributed by atoms with Crippen LogP contribution in [0.15, 0.2) is 65.9 Å². The highest BCUT2D eigenvalue weighted by molar-refractivity contribution is 6.30. The summed E-state index contributed by atoms with van der Waals surface area (Å²) >= 11 is 5.83. The summed E-state index contributed by atoms with van der Waals surface area (Å²) in [5.74, 6) is -1.31. The number of hydrogen-bond donors (Lipinski definition) is 3. The second kappa shape index (κ2) is 10.7. The largest absolute Gasteiger partial charge is 0.503 e. The minimum atomic E-state index is -0.598. The van der Waals surface area contributed by atoms with Crippen LogP contribution < -0.4 is 10.6 Å². The molecule has 2 aromatic rings. The lowest BCUT2D eigenvalue weighted by molar-refractivity contribution is -0.127. The van der Waals surface area contributed by atoms with Gasteiger partial charge in [0, 0.05) is 29.7 Å². The average Bonchev–Trinajstić information content (AvgIpc) is 3.14. The van der Waals surface area contributed by atoms with Crippen molar-refractivity contribution in [2.24, 2.45) is 0 Å². The molecule has 1 aliphatic carbocycles. The zero-order chi connectivity index (χ0) is 24.1. The number of aliphatic hydroxyl groups is 1. The summed E-state index contributed by atoms with van der Waals surface area (Å²) in [6.45, 7) is 0.396. The highest BCUT2D eigenvalue weighted by atomic mass is 35.5. The van der Waals surface area contributed by atoms with Crippen LogP contribution in [0.2, 0.25) is 5.02 Å². The van der Waals surface area contributed by atoms with Crippen LogP contribution in [-0.4, -0.2) is 53.4 Å². The highest BCUT2D eigenvalue weighted by Crippen LogP contribution is 2.33. The van der Waals surface area contributed by atoms with Crippen molar-refractivity contribution in [2.75, 3.05) is 19.6 Å². The van der Waals surface area contributed by atoms with Gasteiger partial charge >= 0.3 is 0 Å². The molecule has 2 aromatic carbocycles. The number of hydrogen-bond acceptors (Lipinski definition) is 4. The summed E-state index contributed by atoms with van der Waals surface area (Å²) in [6, 6.07) is 16.9. The number of benzene rings is 2. The number of nitrogens with zero attached hydrogens (tertiary/aromatic N) is 1. The molecule has 0 spiro atoms. The van der Waals surface area contributed by atoms with E-state index < -0.39 is 17.6 Å². The fourth-order valence-electron chi connectivity index (χ4n) is 4.55. The van der Waals surface area contributed by atoms with Gasteiger partial charge in [-0.2, -0.15) is 0 Å². The smallest absolute Gasteiger partial charge is 0.289 e. The lowest BCUT2D eigenvalue weighted by Gasteiger charge is -2.29. The van der Waals surface area contributed by atoms with Crippen LogP contribution in [0.3, 0.4) is 0 Å². The van der Waals surface area contributed by atoms with Gasteiger partial charge in [0.15, 0.2) is 5.76 Å². The second-order valence-corrected chi connectivity index (χ2v) is 9.19. The summed E-state index contributed by atoms with van der Waals surface area (Å²) in [5.41, 5.74) is 1.87. The molecule has 178 valence electrons. The van der Waals surface area contributed by atoms with E-state index in [1.807, 2.05) is 18.2 Å². The van der Waals surface area contributed by atoms with Gasteiger partial charge in [0.1, 0.15) is 0 Å². The van der Waals surface area contributed by atoms with Gasteiger partial charge in [-0.1, -0.05) is 41.9 Å². The number of carbonyl (C=O) groups excluding carboxylic acids is 3. The van der Waals surface area contributed by atoms with Crippen LogP contribution in [0.5, 0.6) is 0 Å². The van der Waals surface area contributed by atoms with Gasteiger partial charge < -0.3 is 20.6 Å². The average molecular weight is 482 g/mol. The lowest BCUT2D eigenvalue weighted by Crippen LogP contribution is -2.40. The maximum atomic E-state index is 12.8. The quantitative estimate of drug-likeness (QED) is 0.563. The van der Waals surface area contributed by atoms with Gasteiger partial charge in [0.2, 0.25) is 0 Å². The number of amides is 3. The van der Waals surface area contributed by atoms with Crippen molar-refractivity contribution in [2.45, 2.75) is 37.6 Å². The van der Waals surface area contributed by atoms with E-state index in [9.17, 15) is 19.5 Å². The van der Waals surface area contributed by atoms with Crippen molar-refractivity contribution in [3.05, 3.63) is 82.1 Å². The van der Waals surface area contributed by atoms with Gasteiger partial charge in [-0.15, -0.1) is 0 Å². The molecule has 1 saturated carbocycles. The fourth-order valence-corrected chi connectivity index (χ4v) is 4.68. The molecule has 1 aliphatic heterocycles. The zero-order valence-electron chi connectivity index (χ0n) is 18.8. The Morgan fingerprint density at radius 2 is 1.65 bits per heavy atom.